The van der Waals surface area contributed by atoms with E-state index in [1.54, 1.807) is 12.1 Å². The largest absolute Gasteiger partial charge is 0.573 e. The molecule has 0 saturated carbocycles. The van der Waals surface area contributed by atoms with Crippen molar-refractivity contribution in [3.8, 4) is 28.4 Å². The molecule has 0 fully saturated rings. The molecule has 0 amide bonds. The second-order valence-electron chi connectivity index (χ2n) is 8.37. The molecule has 4 nitrogen and oxygen atoms in total. The number of carboxylic acids is 1. The molecule has 0 spiro atoms. The minimum absolute atomic E-state index is 0.0142. The molecule has 3 aromatic rings. The average molecular weight is 456 g/mol. The van der Waals surface area contributed by atoms with Crippen LogP contribution >= 0.6 is 0 Å². The third-order valence-electron chi connectivity index (χ3n) is 4.79. The molecule has 0 unspecified atom stereocenters. The van der Waals surface area contributed by atoms with Crippen LogP contribution in [0.3, 0.4) is 0 Å². The number of aliphatic carboxylic acids is 1. The van der Waals surface area contributed by atoms with Gasteiger partial charge in [0.15, 0.2) is 0 Å². The molecule has 0 aliphatic rings. The van der Waals surface area contributed by atoms with Crippen molar-refractivity contribution in [2.75, 3.05) is 0 Å². The minimum atomic E-state index is -4.78. The van der Waals surface area contributed by atoms with E-state index in [4.69, 9.17) is 9.84 Å². The number of hydrogen-bond acceptors (Lipinski definition) is 3. The maximum Gasteiger partial charge on any atom is 0.573 e. The number of halogens is 3. The van der Waals surface area contributed by atoms with Crippen LogP contribution in [-0.2, 0) is 10.2 Å². The fourth-order valence-corrected chi connectivity index (χ4v) is 3.10. The summed E-state index contributed by atoms with van der Waals surface area (Å²) in [6, 6.07) is 18.4. The molecule has 0 bridgehead atoms. The highest BCUT2D eigenvalue weighted by molar-refractivity contribution is 5.86. The Labute approximate surface area is 189 Å². The second kappa shape index (κ2) is 9.40. The summed E-state index contributed by atoms with van der Waals surface area (Å²) in [6.07, 6.45) is -2.40. The Kier molecular flexibility index (Phi) is 6.81. The minimum Gasteiger partial charge on any atom is -0.478 e. The molecule has 3 rings (SSSR count). The zero-order chi connectivity index (χ0) is 24.2. The first-order valence-corrected chi connectivity index (χ1v) is 10.1. The van der Waals surface area contributed by atoms with Crippen LogP contribution in [0.2, 0.25) is 0 Å². The summed E-state index contributed by atoms with van der Waals surface area (Å²) in [7, 11) is 0. The number of benzene rings is 3. The summed E-state index contributed by atoms with van der Waals surface area (Å²) in [5, 5.41) is 8.97. The first-order valence-electron chi connectivity index (χ1n) is 10.1. The van der Waals surface area contributed by atoms with Gasteiger partial charge in [0, 0.05) is 11.6 Å². The number of carbonyl (C=O) groups is 1. The lowest BCUT2D eigenvalue weighted by atomic mass is 9.86. The van der Waals surface area contributed by atoms with E-state index in [0.717, 1.165) is 29.3 Å². The van der Waals surface area contributed by atoms with E-state index in [-0.39, 0.29) is 16.9 Å². The fraction of sp³-hybridized carbons (Fsp3) is 0.192. The molecule has 7 heteroatoms. The Morgan fingerprint density at radius 3 is 1.97 bits per heavy atom. The van der Waals surface area contributed by atoms with Gasteiger partial charge in [0.05, 0.1) is 0 Å². The smallest absolute Gasteiger partial charge is 0.478 e. The zero-order valence-electron chi connectivity index (χ0n) is 18.3. The van der Waals surface area contributed by atoms with Gasteiger partial charge in [-0.05, 0) is 58.5 Å². The molecule has 0 radical (unpaired) electrons. The number of carboxylic acid groups (broad SMARTS) is 1. The predicted octanol–water partition coefficient (Wildman–Crippen LogP) is 7.44. The summed E-state index contributed by atoms with van der Waals surface area (Å²) < 4.78 is 46.9. The van der Waals surface area contributed by atoms with Crippen molar-refractivity contribution in [1.82, 2.24) is 0 Å². The molecule has 3 aromatic carbocycles. The molecule has 0 aliphatic carbocycles. The summed E-state index contributed by atoms with van der Waals surface area (Å²) >= 11 is 0. The molecule has 0 aliphatic heterocycles. The highest BCUT2D eigenvalue weighted by Crippen LogP contribution is 2.34. The van der Waals surface area contributed by atoms with Gasteiger partial charge in [0.1, 0.15) is 17.2 Å². The predicted molar refractivity (Wildman–Crippen MR) is 120 cm³/mol. The van der Waals surface area contributed by atoms with Crippen LogP contribution in [0.4, 0.5) is 13.2 Å². The van der Waals surface area contributed by atoms with Crippen molar-refractivity contribution >= 4 is 12.0 Å². The third-order valence-corrected chi connectivity index (χ3v) is 4.79. The van der Waals surface area contributed by atoms with Crippen LogP contribution in [0.25, 0.3) is 17.2 Å². The Morgan fingerprint density at radius 2 is 1.42 bits per heavy atom. The van der Waals surface area contributed by atoms with Crippen molar-refractivity contribution in [2.24, 2.45) is 0 Å². The molecule has 1 N–H and O–H groups in total. The van der Waals surface area contributed by atoms with Gasteiger partial charge in [-0.25, -0.2) is 4.79 Å². The molecule has 172 valence electrons. The standard InChI is InChI=1S/C26H23F3O4/c1-25(2,3)20-9-6-17(7-10-20)19-5-4-18(8-15-24(30)31)23(16-19)32-21-11-13-22(14-12-21)33-26(27,28)29/h4-16H,1-3H3,(H,30,31)/b15-8+. The van der Waals surface area contributed by atoms with Crippen molar-refractivity contribution in [3.63, 3.8) is 0 Å². The van der Waals surface area contributed by atoms with E-state index in [1.807, 2.05) is 30.3 Å². The molecule has 33 heavy (non-hydrogen) atoms. The van der Waals surface area contributed by atoms with E-state index in [1.165, 1.54) is 23.8 Å². The van der Waals surface area contributed by atoms with E-state index in [0.29, 0.717) is 11.3 Å². The number of rotatable bonds is 6. The summed E-state index contributed by atoms with van der Waals surface area (Å²) in [4.78, 5) is 11.0. The molecule has 0 atom stereocenters. The Balaban J connectivity index is 1.93. The SMILES string of the molecule is CC(C)(C)c1ccc(-c2ccc(/C=C/C(=O)O)c(Oc3ccc(OC(F)(F)F)cc3)c2)cc1. The van der Waals surface area contributed by atoms with Crippen LogP contribution in [0, 0.1) is 0 Å². The van der Waals surface area contributed by atoms with Crippen LogP contribution in [0.5, 0.6) is 17.2 Å². The van der Waals surface area contributed by atoms with Gasteiger partial charge in [0.2, 0.25) is 0 Å². The zero-order valence-corrected chi connectivity index (χ0v) is 18.3. The lowest BCUT2D eigenvalue weighted by Gasteiger charge is -2.19. The van der Waals surface area contributed by atoms with Crippen molar-refractivity contribution in [3.05, 3.63) is 83.9 Å². The summed E-state index contributed by atoms with van der Waals surface area (Å²) in [5.74, 6) is -0.853. The average Bonchev–Trinajstić information content (AvgIpc) is 2.72. The van der Waals surface area contributed by atoms with Gasteiger partial charge >= 0.3 is 12.3 Å². The van der Waals surface area contributed by atoms with E-state index >= 15 is 0 Å². The Bertz CT molecular complexity index is 1140. The normalized spacial score (nSPS) is 12.1. The van der Waals surface area contributed by atoms with E-state index in [9.17, 15) is 18.0 Å². The maximum absolute atomic E-state index is 12.4. The van der Waals surface area contributed by atoms with Crippen LogP contribution in [0.15, 0.2) is 72.8 Å². The van der Waals surface area contributed by atoms with Crippen LogP contribution in [0.1, 0.15) is 31.9 Å². The number of hydrogen-bond donors (Lipinski definition) is 1. The van der Waals surface area contributed by atoms with Crippen LogP contribution < -0.4 is 9.47 Å². The number of ether oxygens (including phenoxy) is 2. The van der Waals surface area contributed by atoms with Gasteiger partial charge < -0.3 is 14.6 Å². The highest BCUT2D eigenvalue weighted by atomic mass is 19.4. The summed E-state index contributed by atoms with van der Waals surface area (Å²) in [6.45, 7) is 6.38. The molecule has 0 heterocycles. The van der Waals surface area contributed by atoms with Gasteiger partial charge in [-0.15, -0.1) is 13.2 Å². The molecular weight excluding hydrogens is 433 g/mol. The van der Waals surface area contributed by atoms with Gasteiger partial charge in [-0.3, -0.25) is 0 Å². The van der Waals surface area contributed by atoms with Gasteiger partial charge in [-0.2, -0.15) is 0 Å². The second-order valence-corrected chi connectivity index (χ2v) is 8.37. The molecule has 0 saturated heterocycles. The first-order chi connectivity index (χ1) is 15.4. The first kappa shape index (κ1) is 23.9. The van der Waals surface area contributed by atoms with E-state index in [2.05, 4.69) is 25.5 Å². The monoisotopic (exact) mass is 456 g/mol. The molecular formula is C26H23F3O4. The fourth-order valence-electron chi connectivity index (χ4n) is 3.10. The Hall–Kier alpha value is -3.74. The quantitative estimate of drug-likeness (QED) is 0.392. The third kappa shape index (κ3) is 6.87. The summed E-state index contributed by atoms with van der Waals surface area (Å²) in [5.41, 5.74) is 3.48. The van der Waals surface area contributed by atoms with Crippen molar-refractivity contribution in [2.45, 2.75) is 32.5 Å². The molecule has 0 aromatic heterocycles. The number of alkyl halides is 3. The highest BCUT2D eigenvalue weighted by Gasteiger charge is 2.31. The maximum atomic E-state index is 12.4. The van der Waals surface area contributed by atoms with Crippen molar-refractivity contribution in [1.29, 1.82) is 0 Å². The van der Waals surface area contributed by atoms with Crippen molar-refractivity contribution < 1.29 is 32.5 Å². The van der Waals surface area contributed by atoms with Gasteiger partial charge in [0.25, 0.3) is 0 Å². The van der Waals surface area contributed by atoms with Gasteiger partial charge in [-0.1, -0.05) is 57.2 Å². The Morgan fingerprint density at radius 1 is 0.848 bits per heavy atom. The van der Waals surface area contributed by atoms with Crippen LogP contribution in [-0.4, -0.2) is 17.4 Å². The lowest BCUT2D eigenvalue weighted by Crippen LogP contribution is -2.16. The van der Waals surface area contributed by atoms with E-state index < -0.39 is 12.3 Å². The lowest BCUT2D eigenvalue weighted by molar-refractivity contribution is -0.274. The topological polar surface area (TPSA) is 55.8 Å².